The number of H-pyrrole nitrogens is 1. The first-order valence-electron chi connectivity index (χ1n) is 11.0. The highest BCUT2D eigenvalue weighted by molar-refractivity contribution is 5.77. The number of nitrogens with one attached hydrogen (secondary N) is 2. The lowest BCUT2D eigenvalue weighted by Crippen LogP contribution is -2.39. The maximum absolute atomic E-state index is 14.8. The number of carbonyl (C=O) groups excluding carboxylic acids is 1. The molecule has 2 heterocycles. The van der Waals surface area contributed by atoms with Gasteiger partial charge in [0.25, 0.3) is 11.8 Å². The standard InChI is InChI=1S/C21H33FN4O4/c1-3-14-9-15(4-2)11-16(10-14)12-23-17(27)13-30-20-18(22)19(24-21(28)25-20)26-5-7-29-8-6-26/h14-16H,3-13H2,1-2H3,(H,23,27)(H,24,25,28). The number of halogens is 1. The van der Waals surface area contributed by atoms with Crippen LogP contribution in [0.1, 0.15) is 46.0 Å². The lowest BCUT2D eigenvalue weighted by molar-refractivity contribution is -0.123. The third-order valence-corrected chi connectivity index (χ3v) is 6.23. The Balaban J connectivity index is 1.53. The van der Waals surface area contributed by atoms with Crippen LogP contribution in [-0.2, 0) is 9.53 Å². The zero-order chi connectivity index (χ0) is 21.5. The quantitative estimate of drug-likeness (QED) is 0.663. The number of hydrogen-bond acceptors (Lipinski definition) is 6. The molecule has 8 nitrogen and oxygen atoms in total. The van der Waals surface area contributed by atoms with Crippen LogP contribution in [0.2, 0.25) is 0 Å². The average molecular weight is 425 g/mol. The maximum Gasteiger partial charge on any atom is 0.349 e. The van der Waals surface area contributed by atoms with E-state index in [4.69, 9.17) is 9.47 Å². The SMILES string of the molecule is CCC1CC(CC)CC(CNC(=O)COc2nc(=O)[nH]c(N3CCOCC3)c2F)C1. The fourth-order valence-electron chi connectivity index (χ4n) is 4.51. The minimum Gasteiger partial charge on any atom is -0.465 e. The Kier molecular flexibility index (Phi) is 8.07. The van der Waals surface area contributed by atoms with Crippen LogP contribution >= 0.6 is 0 Å². The molecule has 1 aromatic rings. The van der Waals surface area contributed by atoms with Gasteiger partial charge in [-0.2, -0.15) is 9.37 Å². The smallest absolute Gasteiger partial charge is 0.349 e. The van der Waals surface area contributed by atoms with E-state index in [0.29, 0.717) is 38.8 Å². The van der Waals surface area contributed by atoms with Gasteiger partial charge in [0.05, 0.1) is 13.2 Å². The van der Waals surface area contributed by atoms with Crippen LogP contribution in [0.5, 0.6) is 5.88 Å². The molecule has 1 amide bonds. The van der Waals surface area contributed by atoms with Crippen molar-refractivity contribution in [3.8, 4) is 5.88 Å². The molecule has 1 aromatic heterocycles. The Bertz CT molecular complexity index is 754. The predicted molar refractivity (Wildman–Crippen MR) is 111 cm³/mol. The van der Waals surface area contributed by atoms with Gasteiger partial charge in [0, 0.05) is 19.6 Å². The average Bonchev–Trinajstić information content (AvgIpc) is 2.78. The van der Waals surface area contributed by atoms with Gasteiger partial charge in [-0.25, -0.2) is 4.79 Å². The fourth-order valence-corrected chi connectivity index (χ4v) is 4.51. The summed E-state index contributed by atoms with van der Waals surface area (Å²) < 4.78 is 25.3. The van der Waals surface area contributed by atoms with Crippen LogP contribution in [0.3, 0.4) is 0 Å². The van der Waals surface area contributed by atoms with Crippen LogP contribution in [0, 0.1) is 23.6 Å². The van der Waals surface area contributed by atoms with Gasteiger partial charge in [-0.3, -0.25) is 9.78 Å². The molecule has 1 aliphatic carbocycles. The Morgan fingerprint density at radius 3 is 2.47 bits per heavy atom. The summed E-state index contributed by atoms with van der Waals surface area (Å²) in [6.45, 7) is 6.46. The molecule has 1 saturated heterocycles. The van der Waals surface area contributed by atoms with E-state index < -0.39 is 17.4 Å². The molecule has 2 N–H and O–H groups in total. The van der Waals surface area contributed by atoms with Crippen LogP contribution in [0.4, 0.5) is 10.2 Å². The van der Waals surface area contributed by atoms with Crippen molar-refractivity contribution in [3.05, 3.63) is 16.3 Å². The summed E-state index contributed by atoms with van der Waals surface area (Å²) in [7, 11) is 0. The normalized spacial score (nSPS) is 24.5. The highest BCUT2D eigenvalue weighted by Gasteiger charge is 2.27. The molecule has 0 radical (unpaired) electrons. The highest BCUT2D eigenvalue weighted by Crippen LogP contribution is 2.36. The zero-order valence-corrected chi connectivity index (χ0v) is 17.9. The number of rotatable bonds is 8. The lowest BCUT2D eigenvalue weighted by Gasteiger charge is -2.34. The lowest BCUT2D eigenvalue weighted by atomic mass is 9.73. The second kappa shape index (κ2) is 10.7. The monoisotopic (exact) mass is 424 g/mol. The number of ether oxygens (including phenoxy) is 2. The van der Waals surface area contributed by atoms with Gasteiger partial charge in [0.15, 0.2) is 12.4 Å². The number of morpholine rings is 1. The first kappa shape index (κ1) is 22.5. The van der Waals surface area contributed by atoms with Crippen LogP contribution < -0.4 is 20.6 Å². The van der Waals surface area contributed by atoms with Crippen molar-refractivity contribution in [1.82, 2.24) is 15.3 Å². The van der Waals surface area contributed by atoms with Gasteiger partial charge in [-0.15, -0.1) is 0 Å². The summed E-state index contributed by atoms with van der Waals surface area (Å²) in [6.07, 6.45) is 5.87. The number of anilines is 1. The molecule has 0 spiro atoms. The molecule has 0 bridgehead atoms. The van der Waals surface area contributed by atoms with Gasteiger partial charge in [0.2, 0.25) is 5.82 Å². The summed E-state index contributed by atoms with van der Waals surface area (Å²) in [5.41, 5.74) is -0.716. The summed E-state index contributed by atoms with van der Waals surface area (Å²) >= 11 is 0. The first-order valence-corrected chi connectivity index (χ1v) is 11.0. The van der Waals surface area contributed by atoms with E-state index in [9.17, 15) is 14.0 Å². The van der Waals surface area contributed by atoms with Gasteiger partial charge in [0.1, 0.15) is 0 Å². The number of aromatic nitrogens is 2. The number of aromatic amines is 1. The number of hydrogen-bond donors (Lipinski definition) is 2. The van der Waals surface area contributed by atoms with E-state index >= 15 is 0 Å². The highest BCUT2D eigenvalue weighted by atomic mass is 19.1. The van der Waals surface area contributed by atoms with Crippen molar-refractivity contribution in [2.75, 3.05) is 44.4 Å². The summed E-state index contributed by atoms with van der Waals surface area (Å²) in [6, 6.07) is 0. The second-order valence-corrected chi connectivity index (χ2v) is 8.32. The Labute approximate surface area is 176 Å². The summed E-state index contributed by atoms with van der Waals surface area (Å²) in [5, 5.41) is 2.90. The van der Waals surface area contributed by atoms with E-state index in [1.807, 2.05) is 0 Å². The fraction of sp³-hybridized carbons (Fsp3) is 0.762. The Morgan fingerprint density at radius 2 is 1.83 bits per heavy atom. The number of carbonyl (C=O) groups is 1. The molecule has 30 heavy (non-hydrogen) atoms. The molecule has 2 fully saturated rings. The van der Waals surface area contributed by atoms with Crippen molar-refractivity contribution in [2.45, 2.75) is 46.0 Å². The molecule has 2 aliphatic rings. The molecule has 1 aliphatic heterocycles. The number of amides is 1. The molecule has 9 heteroatoms. The van der Waals surface area contributed by atoms with Crippen molar-refractivity contribution in [1.29, 1.82) is 0 Å². The van der Waals surface area contributed by atoms with Gasteiger partial charge in [-0.1, -0.05) is 26.7 Å². The molecule has 3 rings (SSSR count). The molecule has 2 unspecified atom stereocenters. The van der Waals surface area contributed by atoms with Crippen molar-refractivity contribution < 1.29 is 18.7 Å². The minimum absolute atomic E-state index is 0.0205. The van der Waals surface area contributed by atoms with Gasteiger partial charge >= 0.3 is 5.69 Å². The second-order valence-electron chi connectivity index (χ2n) is 8.32. The molecule has 168 valence electrons. The van der Waals surface area contributed by atoms with Crippen molar-refractivity contribution in [2.24, 2.45) is 17.8 Å². The van der Waals surface area contributed by atoms with Crippen LogP contribution in [0.25, 0.3) is 0 Å². The van der Waals surface area contributed by atoms with Crippen molar-refractivity contribution in [3.63, 3.8) is 0 Å². The van der Waals surface area contributed by atoms with E-state index in [0.717, 1.165) is 24.7 Å². The Morgan fingerprint density at radius 1 is 1.20 bits per heavy atom. The molecule has 1 saturated carbocycles. The largest absolute Gasteiger partial charge is 0.465 e. The molecular formula is C21H33FN4O4. The predicted octanol–water partition coefficient (Wildman–Crippen LogP) is 2.09. The van der Waals surface area contributed by atoms with E-state index in [1.165, 1.54) is 19.3 Å². The van der Waals surface area contributed by atoms with Gasteiger partial charge < -0.3 is 19.7 Å². The van der Waals surface area contributed by atoms with Gasteiger partial charge in [-0.05, 0) is 37.0 Å². The molecular weight excluding hydrogens is 391 g/mol. The third-order valence-electron chi connectivity index (χ3n) is 6.23. The molecule has 2 atom stereocenters. The van der Waals surface area contributed by atoms with E-state index in [1.54, 1.807) is 4.90 Å². The van der Waals surface area contributed by atoms with Crippen molar-refractivity contribution >= 4 is 11.7 Å². The van der Waals surface area contributed by atoms with E-state index in [-0.39, 0.29) is 18.3 Å². The number of nitrogens with zero attached hydrogens (tertiary/aromatic N) is 2. The third kappa shape index (κ3) is 5.93. The molecule has 0 aromatic carbocycles. The maximum atomic E-state index is 14.8. The van der Waals surface area contributed by atoms with E-state index in [2.05, 4.69) is 29.1 Å². The topological polar surface area (TPSA) is 96.5 Å². The van der Waals surface area contributed by atoms with Crippen LogP contribution in [0.15, 0.2) is 4.79 Å². The first-order chi connectivity index (χ1) is 14.5. The Hall–Kier alpha value is -2.16. The zero-order valence-electron chi connectivity index (χ0n) is 17.9. The van der Waals surface area contributed by atoms with Crippen LogP contribution in [-0.4, -0.2) is 55.3 Å². The summed E-state index contributed by atoms with van der Waals surface area (Å²) in [5.74, 6) is 0.353. The minimum atomic E-state index is -0.770. The summed E-state index contributed by atoms with van der Waals surface area (Å²) in [4.78, 5) is 31.7.